The molecule has 2 aromatic rings. The van der Waals surface area contributed by atoms with Crippen LogP contribution >= 0.6 is 27.3 Å². The minimum Gasteiger partial charge on any atom is -0.451 e. The van der Waals surface area contributed by atoms with Gasteiger partial charge in [0.2, 0.25) is 0 Å². The molecule has 1 N–H and O–H groups in total. The van der Waals surface area contributed by atoms with Crippen molar-refractivity contribution < 1.29 is 14.3 Å². The molecule has 0 unspecified atom stereocenters. The van der Waals surface area contributed by atoms with Gasteiger partial charge in [-0.3, -0.25) is 4.79 Å². The quantitative estimate of drug-likeness (QED) is 0.792. The van der Waals surface area contributed by atoms with Gasteiger partial charge in [0.15, 0.2) is 6.61 Å². The third-order valence-corrected chi connectivity index (χ3v) is 5.41. The van der Waals surface area contributed by atoms with Crippen LogP contribution in [0.15, 0.2) is 34.8 Å². The zero-order valence-corrected chi connectivity index (χ0v) is 14.8. The van der Waals surface area contributed by atoms with Crippen molar-refractivity contribution in [2.75, 3.05) is 11.9 Å². The first kappa shape index (κ1) is 16.2. The van der Waals surface area contributed by atoms with Crippen LogP contribution < -0.4 is 5.32 Å². The molecule has 1 aliphatic carbocycles. The van der Waals surface area contributed by atoms with Crippen LogP contribution in [0, 0.1) is 0 Å². The molecule has 3 rings (SSSR count). The van der Waals surface area contributed by atoms with Gasteiger partial charge in [0.25, 0.3) is 5.91 Å². The molecule has 0 spiro atoms. The lowest BCUT2D eigenvalue weighted by Crippen LogP contribution is -2.20. The molecule has 1 heterocycles. The molecule has 1 aromatic heterocycles. The number of esters is 1. The largest absolute Gasteiger partial charge is 0.451 e. The van der Waals surface area contributed by atoms with Gasteiger partial charge in [-0.1, -0.05) is 15.9 Å². The van der Waals surface area contributed by atoms with Crippen LogP contribution in [-0.2, 0) is 22.4 Å². The van der Waals surface area contributed by atoms with Gasteiger partial charge in [-0.2, -0.15) is 0 Å². The number of carbonyl (C=O) groups excluding carboxylic acids is 2. The van der Waals surface area contributed by atoms with Crippen LogP contribution in [0.4, 0.5) is 5.69 Å². The molecular formula is C17H16BrNO3S. The van der Waals surface area contributed by atoms with Gasteiger partial charge >= 0.3 is 5.97 Å². The SMILES string of the molecule is O=C(COC(=O)c1cc2c(s1)CCCC2)Nc1ccc(Br)cc1. The van der Waals surface area contributed by atoms with Crippen molar-refractivity contribution in [3.8, 4) is 0 Å². The molecule has 0 radical (unpaired) electrons. The summed E-state index contributed by atoms with van der Waals surface area (Å²) in [5.74, 6) is -0.766. The number of hydrogen-bond acceptors (Lipinski definition) is 4. The van der Waals surface area contributed by atoms with Gasteiger partial charge in [0.1, 0.15) is 4.88 Å². The molecule has 0 atom stereocenters. The van der Waals surface area contributed by atoms with Gasteiger partial charge in [-0.15, -0.1) is 11.3 Å². The van der Waals surface area contributed by atoms with Crippen molar-refractivity contribution in [3.05, 3.63) is 50.1 Å². The Morgan fingerprint density at radius 3 is 2.65 bits per heavy atom. The van der Waals surface area contributed by atoms with E-state index in [1.807, 2.05) is 18.2 Å². The van der Waals surface area contributed by atoms with E-state index in [0.29, 0.717) is 10.6 Å². The number of ether oxygens (including phenoxy) is 1. The summed E-state index contributed by atoms with van der Waals surface area (Å²) in [4.78, 5) is 25.8. The lowest BCUT2D eigenvalue weighted by atomic mass is 9.99. The number of rotatable bonds is 4. The fourth-order valence-corrected chi connectivity index (χ4v) is 3.94. The summed E-state index contributed by atoms with van der Waals surface area (Å²) in [6, 6.07) is 9.12. The Morgan fingerprint density at radius 2 is 1.91 bits per heavy atom. The molecular weight excluding hydrogens is 378 g/mol. The van der Waals surface area contributed by atoms with E-state index in [0.717, 1.165) is 17.3 Å². The molecule has 120 valence electrons. The van der Waals surface area contributed by atoms with Crippen LogP contribution in [0.2, 0.25) is 0 Å². The molecule has 0 saturated heterocycles. The fraction of sp³-hybridized carbons (Fsp3) is 0.294. The molecule has 1 aliphatic rings. The average molecular weight is 394 g/mol. The van der Waals surface area contributed by atoms with E-state index in [1.54, 1.807) is 12.1 Å². The Bertz CT molecular complexity index is 700. The number of halogens is 1. The summed E-state index contributed by atoms with van der Waals surface area (Å²) in [6.45, 7) is -0.280. The third kappa shape index (κ3) is 4.20. The van der Waals surface area contributed by atoms with Crippen LogP contribution in [0.3, 0.4) is 0 Å². The lowest BCUT2D eigenvalue weighted by molar-refractivity contribution is -0.119. The Kier molecular flexibility index (Phi) is 5.13. The first-order valence-electron chi connectivity index (χ1n) is 7.46. The minimum absolute atomic E-state index is 0.280. The van der Waals surface area contributed by atoms with E-state index in [1.165, 1.54) is 34.6 Å². The number of benzene rings is 1. The maximum absolute atomic E-state index is 12.1. The van der Waals surface area contributed by atoms with E-state index < -0.39 is 5.97 Å². The molecule has 6 heteroatoms. The van der Waals surface area contributed by atoms with Gasteiger partial charge in [0, 0.05) is 15.0 Å². The van der Waals surface area contributed by atoms with Crippen LogP contribution in [-0.4, -0.2) is 18.5 Å². The summed E-state index contributed by atoms with van der Waals surface area (Å²) in [5.41, 5.74) is 1.92. The van der Waals surface area contributed by atoms with Gasteiger partial charge in [0.05, 0.1) is 0 Å². The highest BCUT2D eigenvalue weighted by atomic mass is 79.9. The summed E-state index contributed by atoms with van der Waals surface area (Å²) < 4.78 is 6.05. The molecule has 0 aliphatic heterocycles. The van der Waals surface area contributed by atoms with Crippen molar-refractivity contribution in [1.29, 1.82) is 0 Å². The van der Waals surface area contributed by atoms with Gasteiger partial charge in [-0.05, 0) is 61.6 Å². The second kappa shape index (κ2) is 7.27. The third-order valence-electron chi connectivity index (χ3n) is 3.66. The van der Waals surface area contributed by atoms with Crippen LogP contribution in [0.25, 0.3) is 0 Å². The van der Waals surface area contributed by atoms with Crippen LogP contribution in [0.5, 0.6) is 0 Å². The predicted molar refractivity (Wildman–Crippen MR) is 94.0 cm³/mol. The molecule has 0 saturated carbocycles. The molecule has 4 nitrogen and oxygen atoms in total. The van der Waals surface area contributed by atoms with E-state index in [-0.39, 0.29) is 12.5 Å². The molecule has 1 aromatic carbocycles. The number of anilines is 1. The molecule has 23 heavy (non-hydrogen) atoms. The monoisotopic (exact) mass is 393 g/mol. The number of fused-ring (bicyclic) bond motifs is 1. The number of aryl methyl sites for hydroxylation is 2. The van der Waals surface area contributed by atoms with Crippen molar-refractivity contribution in [1.82, 2.24) is 0 Å². The van der Waals surface area contributed by atoms with Crippen LogP contribution in [0.1, 0.15) is 33.0 Å². The second-order valence-corrected chi connectivity index (χ2v) is 7.45. The Hall–Kier alpha value is -1.66. The van der Waals surface area contributed by atoms with Gasteiger partial charge in [-0.25, -0.2) is 4.79 Å². The Morgan fingerprint density at radius 1 is 1.17 bits per heavy atom. The molecule has 1 amide bonds. The standard InChI is InChI=1S/C17H16BrNO3S/c18-12-5-7-13(8-6-12)19-16(20)10-22-17(21)15-9-11-3-1-2-4-14(11)23-15/h5-9H,1-4,10H2,(H,19,20). The topological polar surface area (TPSA) is 55.4 Å². The summed E-state index contributed by atoms with van der Waals surface area (Å²) in [7, 11) is 0. The number of carbonyl (C=O) groups is 2. The molecule has 0 bridgehead atoms. The predicted octanol–water partition coefficient (Wildman–Crippen LogP) is 4.18. The average Bonchev–Trinajstić information content (AvgIpc) is 2.99. The molecule has 0 fully saturated rings. The first-order valence-corrected chi connectivity index (χ1v) is 9.07. The Labute approximate surface area is 147 Å². The smallest absolute Gasteiger partial charge is 0.348 e. The van der Waals surface area contributed by atoms with E-state index in [9.17, 15) is 9.59 Å². The number of amides is 1. The summed E-state index contributed by atoms with van der Waals surface area (Å²) in [6.07, 6.45) is 4.42. The highest BCUT2D eigenvalue weighted by Crippen LogP contribution is 2.30. The Balaban J connectivity index is 1.53. The van der Waals surface area contributed by atoms with E-state index >= 15 is 0 Å². The second-order valence-electron chi connectivity index (χ2n) is 5.40. The highest BCUT2D eigenvalue weighted by molar-refractivity contribution is 9.10. The van der Waals surface area contributed by atoms with Crippen molar-refractivity contribution in [2.45, 2.75) is 25.7 Å². The summed E-state index contributed by atoms with van der Waals surface area (Å²) >= 11 is 4.82. The summed E-state index contributed by atoms with van der Waals surface area (Å²) in [5, 5.41) is 2.69. The van der Waals surface area contributed by atoms with Crippen molar-refractivity contribution in [3.63, 3.8) is 0 Å². The normalized spacial score (nSPS) is 13.3. The zero-order chi connectivity index (χ0) is 16.2. The maximum atomic E-state index is 12.1. The number of hydrogen-bond donors (Lipinski definition) is 1. The van der Waals surface area contributed by atoms with Gasteiger partial charge < -0.3 is 10.1 Å². The lowest BCUT2D eigenvalue weighted by Gasteiger charge is -2.08. The number of nitrogens with one attached hydrogen (secondary N) is 1. The van der Waals surface area contributed by atoms with Crippen molar-refractivity contribution in [2.24, 2.45) is 0 Å². The van der Waals surface area contributed by atoms with E-state index in [4.69, 9.17) is 4.74 Å². The number of thiophene rings is 1. The fourth-order valence-electron chi connectivity index (χ4n) is 2.52. The highest BCUT2D eigenvalue weighted by Gasteiger charge is 2.18. The van der Waals surface area contributed by atoms with E-state index in [2.05, 4.69) is 21.2 Å². The van der Waals surface area contributed by atoms with Crippen molar-refractivity contribution >= 4 is 44.8 Å². The first-order chi connectivity index (χ1) is 11.1. The maximum Gasteiger partial charge on any atom is 0.348 e. The minimum atomic E-state index is -0.421. The zero-order valence-electron chi connectivity index (χ0n) is 12.4.